The number of hydrogen-bond donors (Lipinski definition) is 1. The second-order valence-electron chi connectivity index (χ2n) is 5.74. The van der Waals surface area contributed by atoms with E-state index in [1.54, 1.807) is 23.2 Å². The molecule has 0 saturated carbocycles. The molecule has 0 bridgehead atoms. The van der Waals surface area contributed by atoms with Crippen molar-refractivity contribution >= 4 is 12.0 Å². The standard InChI is InChI=1S/C19H20N2O3/c22-17-10-12-21(13-17)19(23)9-6-15-4-7-18(8-5-15)24-14-16-3-1-2-11-20-16/h1-9,11,17,22H,10,12-14H2/t17-/m1/s1. The zero-order chi connectivity index (χ0) is 16.8. The van der Waals surface area contributed by atoms with Crippen LogP contribution in [0.3, 0.4) is 0 Å². The van der Waals surface area contributed by atoms with Crippen LogP contribution in [-0.4, -0.2) is 40.1 Å². The molecular weight excluding hydrogens is 304 g/mol. The van der Waals surface area contributed by atoms with Crippen LogP contribution >= 0.6 is 0 Å². The Hall–Kier alpha value is -2.66. The molecule has 3 rings (SSSR count). The smallest absolute Gasteiger partial charge is 0.246 e. The molecule has 2 aromatic rings. The average Bonchev–Trinajstić information content (AvgIpc) is 3.06. The lowest BCUT2D eigenvalue weighted by Gasteiger charge is -2.12. The number of carbonyl (C=O) groups excluding carboxylic acids is 1. The van der Waals surface area contributed by atoms with E-state index in [-0.39, 0.29) is 5.91 Å². The van der Waals surface area contributed by atoms with Crippen LogP contribution in [0.1, 0.15) is 17.7 Å². The van der Waals surface area contributed by atoms with E-state index in [0.29, 0.717) is 26.1 Å². The maximum absolute atomic E-state index is 12.0. The van der Waals surface area contributed by atoms with Crippen LogP contribution in [0.5, 0.6) is 5.75 Å². The largest absolute Gasteiger partial charge is 0.487 e. The molecule has 1 saturated heterocycles. The fourth-order valence-electron chi connectivity index (χ4n) is 2.53. The van der Waals surface area contributed by atoms with Crippen LogP contribution < -0.4 is 4.74 Å². The van der Waals surface area contributed by atoms with Gasteiger partial charge in [-0.3, -0.25) is 9.78 Å². The van der Waals surface area contributed by atoms with Crippen molar-refractivity contribution < 1.29 is 14.6 Å². The Balaban J connectivity index is 1.52. The van der Waals surface area contributed by atoms with Gasteiger partial charge in [0.05, 0.1) is 11.8 Å². The second kappa shape index (κ2) is 7.75. The first-order valence-electron chi connectivity index (χ1n) is 7.98. The van der Waals surface area contributed by atoms with Crippen LogP contribution in [0, 0.1) is 0 Å². The van der Waals surface area contributed by atoms with Crippen molar-refractivity contribution in [2.75, 3.05) is 13.1 Å². The second-order valence-corrected chi connectivity index (χ2v) is 5.74. The number of ether oxygens (including phenoxy) is 1. The Kier molecular flexibility index (Phi) is 5.23. The molecule has 1 aromatic heterocycles. The van der Waals surface area contributed by atoms with Crippen molar-refractivity contribution in [2.45, 2.75) is 19.1 Å². The van der Waals surface area contributed by atoms with Gasteiger partial charge in [-0.25, -0.2) is 0 Å². The summed E-state index contributed by atoms with van der Waals surface area (Å²) in [7, 11) is 0. The molecule has 1 aromatic carbocycles. The minimum atomic E-state index is -0.391. The highest BCUT2D eigenvalue weighted by atomic mass is 16.5. The lowest BCUT2D eigenvalue weighted by atomic mass is 10.2. The summed E-state index contributed by atoms with van der Waals surface area (Å²) in [5, 5.41) is 9.46. The third-order valence-electron chi connectivity index (χ3n) is 3.89. The predicted molar refractivity (Wildman–Crippen MR) is 91.2 cm³/mol. The molecule has 1 aliphatic heterocycles. The van der Waals surface area contributed by atoms with Gasteiger partial charge in [-0.05, 0) is 42.3 Å². The number of aliphatic hydroxyl groups excluding tert-OH is 1. The molecule has 0 unspecified atom stereocenters. The zero-order valence-corrected chi connectivity index (χ0v) is 13.3. The summed E-state index contributed by atoms with van der Waals surface area (Å²) < 4.78 is 5.68. The molecule has 0 spiro atoms. The lowest BCUT2D eigenvalue weighted by Crippen LogP contribution is -2.27. The number of rotatable bonds is 5. The van der Waals surface area contributed by atoms with E-state index >= 15 is 0 Å². The van der Waals surface area contributed by atoms with E-state index in [4.69, 9.17) is 4.74 Å². The Morgan fingerprint density at radius 1 is 1.29 bits per heavy atom. The molecule has 2 heterocycles. The van der Waals surface area contributed by atoms with E-state index in [2.05, 4.69) is 4.98 Å². The summed E-state index contributed by atoms with van der Waals surface area (Å²) in [5.74, 6) is 0.689. The average molecular weight is 324 g/mol. The molecule has 1 amide bonds. The van der Waals surface area contributed by atoms with Gasteiger partial charge in [-0.15, -0.1) is 0 Å². The Bertz CT molecular complexity index is 698. The van der Waals surface area contributed by atoms with E-state index in [9.17, 15) is 9.90 Å². The molecular formula is C19H20N2O3. The predicted octanol–water partition coefficient (Wildman–Crippen LogP) is 2.27. The fourth-order valence-corrected chi connectivity index (χ4v) is 2.53. The minimum Gasteiger partial charge on any atom is -0.487 e. The summed E-state index contributed by atoms with van der Waals surface area (Å²) in [6, 6.07) is 13.2. The lowest BCUT2D eigenvalue weighted by molar-refractivity contribution is -0.125. The van der Waals surface area contributed by atoms with Crippen LogP contribution in [0.15, 0.2) is 54.7 Å². The van der Waals surface area contributed by atoms with Crippen molar-refractivity contribution in [1.29, 1.82) is 0 Å². The highest BCUT2D eigenvalue weighted by Gasteiger charge is 2.22. The normalized spacial score (nSPS) is 17.4. The number of β-amino-alcohol motifs (C(OH)–C–C–N with tert-alkyl or cyclic N) is 1. The minimum absolute atomic E-state index is 0.0676. The van der Waals surface area contributed by atoms with Crippen molar-refractivity contribution in [3.8, 4) is 5.75 Å². The molecule has 124 valence electrons. The number of likely N-dealkylation sites (tertiary alicyclic amines) is 1. The van der Waals surface area contributed by atoms with Crippen LogP contribution in [0.2, 0.25) is 0 Å². The molecule has 1 atom stereocenters. The monoisotopic (exact) mass is 324 g/mol. The highest BCUT2D eigenvalue weighted by Crippen LogP contribution is 2.15. The van der Waals surface area contributed by atoms with Crippen molar-refractivity contribution in [3.63, 3.8) is 0 Å². The van der Waals surface area contributed by atoms with Gasteiger partial charge < -0.3 is 14.7 Å². The SMILES string of the molecule is O=C(C=Cc1ccc(OCc2ccccn2)cc1)N1CC[C@@H](O)C1. The van der Waals surface area contributed by atoms with E-state index in [0.717, 1.165) is 17.0 Å². The fraction of sp³-hybridized carbons (Fsp3) is 0.263. The van der Waals surface area contributed by atoms with Crippen LogP contribution in [0.25, 0.3) is 6.08 Å². The molecule has 0 aliphatic carbocycles. The van der Waals surface area contributed by atoms with Crippen molar-refractivity contribution in [3.05, 3.63) is 66.0 Å². The Morgan fingerprint density at radius 3 is 2.79 bits per heavy atom. The number of hydrogen-bond acceptors (Lipinski definition) is 4. The van der Waals surface area contributed by atoms with E-state index < -0.39 is 6.10 Å². The molecule has 1 fully saturated rings. The number of carbonyl (C=O) groups is 1. The van der Waals surface area contributed by atoms with Crippen LogP contribution in [0.4, 0.5) is 0 Å². The first-order valence-corrected chi connectivity index (χ1v) is 7.98. The summed E-state index contributed by atoms with van der Waals surface area (Å²) in [6.07, 6.45) is 5.32. The number of nitrogens with zero attached hydrogens (tertiary/aromatic N) is 2. The van der Waals surface area contributed by atoms with Gasteiger partial charge in [-0.1, -0.05) is 18.2 Å². The number of pyridine rings is 1. The quantitative estimate of drug-likeness (QED) is 0.857. The van der Waals surface area contributed by atoms with Gasteiger partial charge in [0.15, 0.2) is 0 Å². The van der Waals surface area contributed by atoms with Gasteiger partial charge in [-0.2, -0.15) is 0 Å². The maximum atomic E-state index is 12.0. The Morgan fingerprint density at radius 2 is 2.12 bits per heavy atom. The summed E-state index contributed by atoms with van der Waals surface area (Å²) in [4.78, 5) is 17.9. The third kappa shape index (κ3) is 4.43. The van der Waals surface area contributed by atoms with E-state index in [1.165, 1.54) is 0 Å². The van der Waals surface area contributed by atoms with Gasteiger partial charge >= 0.3 is 0 Å². The van der Waals surface area contributed by atoms with Gasteiger partial charge in [0, 0.05) is 25.4 Å². The molecule has 5 heteroatoms. The molecule has 1 aliphatic rings. The number of aromatic nitrogens is 1. The van der Waals surface area contributed by atoms with Crippen molar-refractivity contribution in [2.24, 2.45) is 0 Å². The number of aliphatic hydroxyl groups is 1. The topological polar surface area (TPSA) is 62.7 Å². The summed E-state index contributed by atoms with van der Waals surface area (Å²) >= 11 is 0. The first-order chi connectivity index (χ1) is 11.7. The number of benzene rings is 1. The maximum Gasteiger partial charge on any atom is 0.246 e. The summed E-state index contributed by atoms with van der Waals surface area (Å²) in [5.41, 5.74) is 1.80. The van der Waals surface area contributed by atoms with Crippen LogP contribution in [-0.2, 0) is 11.4 Å². The van der Waals surface area contributed by atoms with Gasteiger partial charge in [0.1, 0.15) is 12.4 Å². The number of amides is 1. The first kappa shape index (κ1) is 16.2. The molecule has 0 radical (unpaired) electrons. The molecule has 24 heavy (non-hydrogen) atoms. The van der Waals surface area contributed by atoms with Gasteiger partial charge in [0.2, 0.25) is 5.91 Å². The Labute approximate surface area is 141 Å². The highest BCUT2D eigenvalue weighted by molar-refractivity contribution is 5.92. The van der Waals surface area contributed by atoms with E-state index in [1.807, 2.05) is 42.5 Å². The molecule has 5 nitrogen and oxygen atoms in total. The van der Waals surface area contributed by atoms with Gasteiger partial charge in [0.25, 0.3) is 0 Å². The van der Waals surface area contributed by atoms with Crippen molar-refractivity contribution in [1.82, 2.24) is 9.88 Å². The zero-order valence-electron chi connectivity index (χ0n) is 13.3. The molecule has 1 N–H and O–H groups in total. The third-order valence-corrected chi connectivity index (χ3v) is 3.89. The summed E-state index contributed by atoms with van der Waals surface area (Å²) in [6.45, 7) is 1.46.